The molecule has 0 aliphatic rings. The normalized spacial score (nSPS) is 11.9. The second-order valence-corrected chi connectivity index (χ2v) is 6.95. The largest absolute Gasteiger partial charge is 0.497 e. The molecule has 0 bridgehead atoms. The van der Waals surface area contributed by atoms with Crippen molar-refractivity contribution in [1.82, 2.24) is 19.8 Å². The molecule has 8 nitrogen and oxygen atoms in total. The van der Waals surface area contributed by atoms with Crippen molar-refractivity contribution in [2.45, 2.75) is 20.1 Å². The average molecular weight is 417 g/mol. The zero-order valence-corrected chi connectivity index (χ0v) is 17.9. The van der Waals surface area contributed by atoms with E-state index >= 15 is 0 Å². The van der Waals surface area contributed by atoms with Crippen molar-refractivity contribution in [3.8, 4) is 22.9 Å². The molecule has 3 rings (SSSR count). The van der Waals surface area contributed by atoms with Crippen molar-refractivity contribution in [1.29, 1.82) is 0 Å². The third kappa shape index (κ3) is 4.93. The van der Waals surface area contributed by atoms with Crippen molar-refractivity contribution in [2.75, 3.05) is 27.9 Å². The van der Waals surface area contributed by atoms with Crippen molar-refractivity contribution >= 4 is 12.2 Å². The first-order valence-electron chi connectivity index (χ1n) is 9.34. The molecule has 0 aliphatic heterocycles. The van der Waals surface area contributed by atoms with Crippen LogP contribution in [-0.2, 0) is 13.2 Å². The van der Waals surface area contributed by atoms with E-state index in [-0.39, 0.29) is 0 Å². The molecular weight excluding hydrogens is 390 g/mol. The summed E-state index contributed by atoms with van der Waals surface area (Å²) in [6.45, 7) is 3.92. The second kappa shape index (κ2) is 9.53. The number of ether oxygens (including phenoxy) is 3. The summed E-state index contributed by atoms with van der Waals surface area (Å²) >= 11 is 5.56. The summed E-state index contributed by atoms with van der Waals surface area (Å²) in [6, 6.07) is 13.5. The fraction of sp³-hybridized carbons (Fsp3) is 0.350. The molecule has 1 unspecified atom stereocenters. The lowest BCUT2D eigenvalue weighted by Crippen LogP contribution is -3.07. The first kappa shape index (κ1) is 20.8. The molecule has 0 aliphatic carbocycles. The number of nitrogens with zero attached hydrogens (tertiary/aromatic N) is 4. The fourth-order valence-electron chi connectivity index (χ4n) is 3.02. The lowest BCUT2D eigenvalue weighted by Gasteiger charge is -2.15. The molecule has 1 atom stereocenters. The van der Waals surface area contributed by atoms with Gasteiger partial charge in [-0.1, -0.05) is 0 Å². The van der Waals surface area contributed by atoms with Crippen LogP contribution in [0.5, 0.6) is 17.2 Å². The molecule has 0 saturated heterocycles. The molecule has 29 heavy (non-hydrogen) atoms. The molecule has 0 radical (unpaired) electrons. The highest BCUT2D eigenvalue weighted by Gasteiger charge is 2.13. The van der Waals surface area contributed by atoms with Crippen LogP contribution in [0.15, 0.2) is 42.5 Å². The van der Waals surface area contributed by atoms with Gasteiger partial charge in [0.25, 0.3) is 0 Å². The Morgan fingerprint density at radius 3 is 2.41 bits per heavy atom. The van der Waals surface area contributed by atoms with Crippen LogP contribution in [0.1, 0.15) is 12.5 Å². The van der Waals surface area contributed by atoms with E-state index in [1.165, 1.54) is 4.90 Å². The van der Waals surface area contributed by atoms with Gasteiger partial charge < -0.3 is 19.1 Å². The Morgan fingerprint density at radius 1 is 1.00 bits per heavy atom. The highest BCUT2D eigenvalue weighted by Crippen LogP contribution is 2.27. The molecule has 0 fully saturated rings. The second-order valence-electron chi connectivity index (χ2n) is 6.58. The lowest BCUT2D eigenvalue weighted by molar-refractivity contribution is -0.917. The number of methoxy groups -OCH3 is 2. The maximum atomic E-state index is 5.58. The number of rotatable bonds is 9. The highest BCUT2D eigenvalue weighted by atomic mass is 32.1. The Bertz CT molecular complexity index is 1000. The molecular formula is C20H26N5O3S+. The van der Waals surface area contributed by atoms with Crippen LogP contribution in [-0.4, -0.2) is 47.7 Å². The van der Waals surface area contributed by atoms with E-state index in [9.17, 15) is 0 Å². The molecule has 2 aromatic carbocycles. The molecule has 1 aromatic heterocycles. The van der Waals surface area contributed by atoms with Gasteiger partial charge in [0.15, 0.2) is 18.2 Å². The van der Waals surface area contributed by atoms with Gasteiger partial charge in [-0.3, -0.25) is 0 Å². The lowest BCUT2D eigenvalue weighted by atomic mass is 10.2. The first-order valence-corrected chi connectivity index (χ1v) is 9.74. The summed E-state index contributed by atoms with van der Waals surface area (Å²) in [4.78, 5) is 1.20. The van der Waals surface area contributed by atoms with Crippen molar-refractivity contribution in [2.24, 2.45) is 0 Å². The van der Waals surface area contributed by atoms with Crippen molar-refractivity contribution in [3.63, 3.8) is 0 Å². The number of nitrogens with one attached hydrogen (secondary N) is 1. The third-order valence-corrected chi connectivity index (χ3v) is 4.79. The van der Waals surface area contributed by atoms with Gasteiger partial charge in [0.05, 0.1) is 33.6 Å². The van der Waals surface area contributed by atoms with E-state index in [1.807, 2.05) is 49.4 Å². The Hall–Kier alpha value is -2.91. The van der Waals surface area contributed by atoms with E-state index in [4.69, 9.17) is 26.4 Å². The van der Waals surface area contributed by atoms with Gasteiger partial charge in [-0.2, -0.15) is 9.36 Å². The summed E-state index contributed by atoms with van der Waals surface area (Å²) in [5.41, 5.74) is 1.98. The minimum atomic E-state index is 0.541. The zero-order chi connectivity index (χ0) is 20.8. The molecule has 0 saturated carbocycles. The summed E-state index contributed by atoms with van der Waals surface area (Å²) in [7, 11) is 5.36. The van der Waals surface area contributed by atoms with Crippen LogP contribution in [0, 0.1) is 4.77 Å². The number of hydrogen-bond acceptors (Lipinski definition) is 6. The summed E-state index contributed by atoms with van der Waals surface area (Å²) in [6.07, 6.45) is 0. The Morgan fingerprint density at radius 2 is 1.76 bits per heavy atom. The maximum absolute atomic E-state index is 5.58. The molecule has 3 aromatic rings. The van der Waals surface area contributed by atoms with Crippen LogP contribution < -0.4 is 19.1 Å². The van der Waals surface area contributed by atoms with Crippen LogP contribution in [0.2, 0.25) is 0 Å². The maximum Gasteiger partial charge on any atom is 0.225 e. The Labute approximate surface area is 175 Å². The quantitative estimate of drug-likeness (QED) is 0.538. The Kier molecular flexibility index (Phi) is 6.84. The van der Waals surface area contributed by atoms with Gasteiger partial charge in [0.2, 0.25) is 4.77 Å². The van der Waals surface area contributed by atoms with Gasteiger partial charge in [0.1, 0.15) is 12.3 Å². The van der Waals surface area contributed by atoms with Crippen LogP contribution in [0.3, 0.4) is 0 Å². The minimum absolute atomic E-state index is 0.541. The zero-order valence-electron chi connectivity index (χ0n) is 17.1. The van der Waals surface area contributed by atoms with Gasteiger partial charge in [-0.15, -0.1) is 0 Å². The van der Waals surface area contributed by atoms with E-state index < -0.39 is 0 Å². The highest BCUT2D eigenvalue weighted by molar-refractivity contribution is 7.71. The number of quaternary nitrogens is 1. The fourth-order valence-corrected chi connectivity index (χ4v) is 3.26. The Balaban J connectivity index is 1.70. The molecule has 1 N–H and O–H groups in total. The van der Waals surface area contributed by atoms with Crippen molar-refractivity contribution < 1.29 is 19.1 Å². The molecule has 0 amide bonds. The van der Waals surface area contributed by atoms with E-state index in [0.717, 1.165) is 35.0 Å². The predicted octanol–water partition coefficient (Wildman–Crippen LogP) is 1.89. The minimum Gasteiger partial charge on any atom is -0.497 e. The summed E-state index contributed by atoms with van der Waals surface area (Å²) in [5.74, 6) is 2.27. The van der Waals surface area contributed by atoms with Gasteiger partial charge in [-0.05, 0) is 72.0 Å². The number of hydrogen-bond donors (Lipinski definition) is 1. The van der Waals surface area contributed by atoms with Crippen LogP contribution >= 0.6 is 12.2 Å². The predicted molar refractivity (Wildman–Crippen MR) is 111 cm³/mol. The summed E-state index contributed by atoms with van der Waals surface area (Å²) < 4.78 is 20.1. The third-order valence-electron chi connectivity index (χ3n) is 4.41. The molecule has 1 heterocycles. The van der Waals surface area contributed by atoms with Crippen LogP contribution in [0.25, 0.3) is 5.69 Å². The topological polar surface area (TPSA) is 67.8 Å². The van der Waals surface area contributed by atoms with Crippen molar-refractivity contribution in [3.05, 3.63) is 52.8 Å². The van der Waals surface area contributed by atoms with Crippen LogP contribution in [0.4, 0.5) is 0 Å². The number of aromatic nitrogens is 4. The standard InChI is InChI=1S/C20H25N5O3S/c1-5-28-18-11-6-15(12-19(18)27-4)13-23(2)14-24-20(29)25(22-21-24)16-7-9-17(26-3)10-8-16/h6-12H,5,13-14H2,1-4H3/p+1. The monoisotopic (exact) mass is 416 g/mol. The van der Waals surface area contributed by atoms with E-state index in [0.29, 0.717) is 18.0 Å². The smallest absolute Gasteiger partial charge is 0.225 e. The van der Waals surface area contributed by atoms with E-state index in [2.05, 4.69) is 17.5 Å². The van der Waals surface area contributed by atoms with Gasteiger partial charge in [-0.25, -0.2) is 0 Å². The molecule has 154 valence electrons. The molecule has 9 heteroatoms. The average Bonchev–Trinajstić information content (AvgIpc) is 3.09. The molecule has 0 spiro atoms. The van der Waals surface area contributed by atoms with Gasteiger partial charge >= 0.3 is 0 Å². The van der Waals surface area contributed by atoms with E-state index in [1.54, 1.807) is 23.6 Å². The number of tetrazole rings is 1. The number of benzene rings is 2. The summed E-state index contributed by atoms with van der Waals surface area (Å²) in [5, 5.41) is 8.41. The SMILES string of the molecule is CCOc1ccc(C[NH+](C)Cn2nnn(-c3ccc(OC)cc3)c2=S)cc1OC. The first-order chi connectivity index (χ1) is 14.0. The van der Waals surface area contributed by atoms with Gasteiger partial charge in [0, 0.05) is 5.56 Å².